The minimum atomic E-state index is -0.720. The molecule has 1 saturated heterocycles. The molecule has 0 aromatic heterocycles. The topological polar surface area (TPSA) is 71.1 Å². The van der Waals surface area contributed by atoms with Gasteiger partial charge in [-0.15, -0.1) is 0 Å². The van der Waals surface area contributed by atoms with Crippen LogP contribution < -0.4 is 0 Å². The molecule has 32 heavy (non-hydrogen) atoms. The van der Waals surface area contributed by atoms with Gasteiger partial charge in [0, 0.05) is 13.0 Å². The van der Waals surface area contributed by atoms with Crippen LogP contribution in [0.1, 0.15) is 106 Å². The lowest BCUT2D eigenvalue weighted by Gasteiger charge is -2.46. The highest BCUT2D eigenvalue weighted by Crippen LogP contribution is 2.44. The Balaban J connectivity index is 2.21. The van der Waals surface area contributed by atoms with Gasteiger partial charge in [-0.3, -0.25) is 0 Å². The number of esters is 2. The van der Waals surface area contributed by atoms with Gasteiger partial charge in [-0.2, -0.15) is 0 Å². The van der Waals surface area contributed by atoms with E-state index >= 15 is 0 Å². The van der Waals surface area contributed by atoms with Gasteiger partial charge in [-0.05, 0) is 44.2 Å². The van der Waals surface area contributed by atoms with Gasteiger partial charge in [0.1, 0.15) is 0 Å². The molecule has 3 unspecified atom stereocenters. The fourth-order valence-electron chi connectivity index (χ4n) is 3.98. The van der Waals surface area contributed by atoms with E-state index in [-0.39, 0.29) is 24.0 Å². The number of unbranched alkanes of at least 4 members (excludes halogenated alkanes) is 2. The second-order valence-electron chi connectivity index (χ2n) is 8.67. The molecule has 1 aliphatic rings. The molecule has 1 heterocycles. The average Bonchev–Trinajstić information content (AvgIpc) is 2.77. The molecule has 0 saturated carbocycles. The summed E-state index contributed by atoms with van der Waals surface area (Å²) >= 11 is 0. The summed E-state index contributed by atoms with van der Waals surface area (Å²) in [5, 5.41) is 0. The quantitative estimate of drug-likeness (QED) is 0.256. The maximum absolute atomic E-state index is 13.0. The Labute approximate surface area is 193 Å². The third kappa shape index (κ3) is 6.79. The molecule has 1 aromatic carbocycles. The van der Waals surface area contributed by atoms with Crippen molar-refractivity contribution in [3.05, 3.63) is 34.9 Å². The number of hydrogen-bond acceptors (Lipinski definition) is 6. The maximum Gasteiger partial charge on any atom is 0.339 e. The van der Waals surface area contributed by atoms with Crippen LogP contribution in [0, 0.1) is 5.92 Å². The summed E-state index contributed by atoms with van der Waals surface area (Å²) in [4.78, 5) is 25.9. The zero-order chi connectivity index (χ0) is 23.6. The summed E-state index contributed by atoms with van der Waals surface area (Å²) in [6, 6.07) is 5.21. The van der Waals surface area contributed by atoms with Gasteiger partial charge in [-0.1, -0.05) is 58.6 Å². The summed E-state index contributed by atoms with van der Waals surface area (Å²) in [5.41, 5.74) is 0.378. The fraction of sp³-hybridized carbons (Fsp3) is 0.692. The van der Waals surface area contributed by atoms with Crippen molar-refractivity contribution >= 4 is 11.9 Å². The number of benzene rings is 1. The van der Waals surface area contributed by atoms with Gasteiger partial charge in [0.15, 0.2) is 6.29 Å². The van der Waals surface area contributed by atoms with Crippen LogP contribution in [0.15, 0.2) is 18.2 Å². The van der Waals surface area contributed by atoms with Crippen LogP contribution in [0.5, 0.6) is 0 Å². The third-order valence-corrected chi connectivity index (χ3v) is 6.08. The highest BCUT2D eigenvalue weighted by atomic mass is 16.7. The Morgan fingerprint density at radius 2 is 1.81 bits per heavy atom. The van der Waals surface area contributed by atoms with Gasteiger partial charge in [0.2, 0.25) is 0 Å². The molecule has 6 nitrogen and oxygen atoms in total. The Bertz CT molecular complexity index is 738. The number of ether oxygens (including phenoxy) is 4. The molecule has 2 rings (SSSR count). The fourth-order valence-corrected chi connectivity index (χ4v) is 3.98. The average molecular weight is 449 g/mol. The molecular formula is C26H40O6. The van der Waals surface area contributed by atoms with Gasteiger partial charge >= 0.3 is 11.9 Å². The van der Waals surface area contributed by atoms with Gasteiger partial charge in [0.25, 0.3) is 0 Å². The minimum Gasteiger partial charge on any atom is -0.462 e. The first-order valence-electron chi connectivity index (χ1n) is 12.2. The molecule has 0 bridgehead atoms. The first-order chi connectivity index (χ1) is 15.4. The van der Waals surface area contributed by atoms with Crippen molar-refractivity contribution in [1.82, 2.24) is 0 Å². The Morgan fingerprint density at radius 1 is 1.09 bits per heavy atom. The molecule has 0 N–H and O–H groups in total. The van der Waals surface area contributed by atoms with E-state index in [4.69, 9.17) is 18.9 Å². The SMILES string of the molecule is CCCCOC1CC(C)(c2cccc(C(=O)OCC(CC)CCCC)c2C(=O)OCC)O1. The zero-order valence-corrected chi connectivity index (χ0v) is 20.4. The normalized spacial score (nSPS) is 21.0. The molecule has 0 radical (unpaired) electrons. The van der Waals surface area contributed by atoms with Crippen LogP contribution in [-0.4, -0.2) is 38.0 Å². The van der Waals surface area contributed by atoms with Gasteiger partial charge < -0.3 is 18.9 Å². The molecular weight excluding hydrogens is 408 g/mol. The number of rotatable bonds is 14. The van der Waals surface area contributed by atoms with E-state index in [2.05, 4.69) is 20.8 Å². The third-order valence-electron chi connectivity index (χ3n) is 6.08. The first-order valence-corrected chi connectivity index (χ1v) is 12.2. The number of carbonyl (C=O) groups excluding carboxylic acids is 2. The summed E-state index contributed by atoms with van der Waals surface area (Å²) in [7, 11) is 0. The number of carbonyl (C=O) groups is 2. The maximum atomic E-state index is 13.0. The van der Waals surface area contributed by atoms with E-state index in [9.17, 15) is 9.59 Å². The summed E-state index contributed by atoms with van der Waals surface area (Å²) in [5.74, 6) is -0.710. The highest BCUT2D eigenvalue weighted by Gasteiger charge is 2.46. The van der Waals surface area contributed by atoms with Crippen molar-refractivity contribution in [2.24, 2.45) is 5.92 Å². The number of hydrogen-bond donors (Lipinski definition) is 0. The standard InChI is InChI=1S/C26H40O6/c1-6-10-13-19(8-3)18-31-24(27)20-14-12-15-21(23(20)25(28)29-9-4)26(5)17-22(32-26)30-16-11-7-2/h12,14-15,19,22H,6-11,13,16-18H2,1-5H3. The Kier molecular flexibility index (Phi) is 10.7. The van der Waals surface area contributed by atoms with E-state index in [0.29, 0.717) is 31.1 Å². The lowest BCUT2D eigenvalue weighted by Crippen LogP contribution is -2.48. The summed E-state index contributed by atoms with van der Waals surface area (Å²) in [6.45, 7) is 11.2. The van der Waals surface area contributed by atoms with Crippen molar-refractivity contribution in [2.75, 3.05) is 19.8 Å². The summed E-state index contributed by atoms with van der Waals surface area (Å²) in [6.07, 6.45) is 6.52. The molecule has 0 amide bonds. The Hall–Kier alpha value is -1.92. The first kappa shape index (κ1) is 26.3. The van der Waals surface area contributed by atoms with E-state index in [1.807, 2.05) is 13.0 Å². The Morgan fingerprint density at radius 3 is 2.44 bits per heavy atom. The van der Waals surface area contributed by atoms with Crippen molar-refractivity contribution in [3.63, 3.8) is 0 Å². The van der Waals surface area contributed by atoms with Crippen LogP contribution in [0.25, 0.3) is 0 Å². The lowest BCUT2D eigenvalue weighted by atomic mass is 9.82. The van der Waals surface area contributed by atoms with E-state index in [1.165, 1.54) is 0 Å². The predicted octanol–water partition coefficient (Wildman–Crippen LogP) is 6.01. The molecule has 6 heteroatoms. The largest absolute Gasteiger partial charge is 0.462 e. The van der Waals surface area contributed by atoms with Crippen molar-refractivity contribution < 1.29 is 28.5 Å². The molecule has 0 aliphatic carbocycles. The van der Waals surface area contributed by atoms with E-state index in [0.717, 1.165) is 38.5 Å². The van der Waals surface area contributed by atoms with Crippen molar-refractivity contribution in [3.8, 4) is 0 Å². The molecule has 1 aromatic rings. The second-order valence-corrected chi connectivity index (χ2v) is 8.67. The lowest BCUT2D eigenvalue weighted by molar-refractivity contribution is -0.309. The molecule has 1 fully saturated rings. The van der Waals surface area contributed by atoms with Gasteiger partial charge in [0.05, 0.1) is 29.9 Å². The van der Waals surface area contributed by atoms with Crippen molar-refractivity contribution in [1.29, 1.82) is 0 Å². The monoisotopic (exact) mass is 448 g/mol. The molecule has 180 valence electrons. The molecule has 1 aliphatic heterocycles. The summed E-state index contributed by atoms with van der Waals surface area (Å²) < 4.78 is 22.7. The minimum absolute atomic E-state index is 0.219. The predicted molar refractivity (Wildman–Crippen MR) is 124 cm³/mol. The van der Waals surface area contributed by atoms with Crippen LogP contribution in [-0.2, 0) is 24.5 Å². The highest BCUT2D eigenvalue weighted by molar-refractivity contribution is 6.04. The van der Waals surface area contributed by atoms with E-state index in [1.54, 1.807) is 19.1 Å². The van der Waals surface area contributed by atoms with Crippen LogP contribution in [0.4, 0.5) is 0 Å². The van der Waals surface area contributed by atoms with E-state index < -0.39 is 17.5 Å². The smallest absolute Gasteiger partial charge is 0.339 e. The van der Waals surface area contributed by atoms with Crippen molar-refractivity contribution in [2.45, 2.75) is 91.5 Å². The molecule has 3 atom stereocenters. The molecule has 0 spiro atoms. The zero-order valence-electron chi connectivity index (χ0n) is 20.4. The van der Waals surface area contributed by atoms with Crippen LogP contribution >= 0.6 is 0 Å². The van der Waals surface area contributed by atoms with Gasteiger partial charge in [-0.25, -0.2) is 9.59 Å². The van der Waals surface area contributed by atoms with Crippen LogP contribution in [0.2, 0.25) is 0 Å². The second kappa shape index (κ2) is 12.9. The van der Waals surface area contributed by atoms with Crippen LogP contribution in [0.3, 0.4) is 0 Å².